The van der Waals surface area contributed by atoms with E-state index in [1.807, 2.05) is 72.8 Å². The van der Waals surface area contributed by atoms with E-state index in [0.717, 1.165) is 77.7 Å². The van der Waals surface area contributed by atoms with Crippen LogP contribution in [0.3, 0.4) is 0 Å². The van der Waals surface area contributed by atoms with Crippen molar-refractivity contribution in [1.82, 2.24) is 20.0 Å². The first-order chi connectivity index (χ1) is 31.9. The highest BCUT2D eigenvalue weighted by atomic mass is 35.5. The highest BCUT2D eigenvalue weighted by Crippen LogP contribution is 2.34. The zero-order valence-electron chi connectivity index (χ0n) is 35.5. The van der Waals surface area contributed by atoms with Gasteiger partial charge < -0.3 is 10.2 Å². The predicted octanol–water partition coefficient (Wildman–Crippen LogP) is 13.6. The van der Waals surface area contributed by atoms with Crippen molar-refractivity contribution < 1.29 is 35.9 Å². The number of hydrogen-bond donors (Lipinski definition) is 1. The van der Waals surface area contributed by atoms with E-state index in [1.54, 1.807) is 4.90 Å². The van der Waals surface area contributed by atoms with E-state index in [0.29, 0.717) is 36.2 Å². The number of piperazine rings is 2. The summed E-state index contributed by atoms with van der Waals surface area (Å²) in [4.78, 5) is 29.8. The van der Waals surface area contributed by atoms with E-state index in [9.17, 15) is 35.9 Å². The largest absolute Gasteiger partial charge is 0.416 e. The lowest BCUT2D eigenvalue weighted by atomic mass is 9.96. The summed E-state index contributed by atoms with van der Waals surface area (Å²) in [6.07, 6.45) is -8.93. The number of alkyl halides is 6. The van der Waals surface area contributed by atoms with Crippen molar-refractivity contribution in [1.29, 1.82) is 0 Å². The van der Waals surface area contributed by atoms with Crippen molar-refractivity contribution in [2.24, 2.45) is 0 Å². The van der Waals surface area contributed by atoms with Gasteiger partial charge in [-0.05, 0) is 113 Å². The third-order valence-corrected chi connectivity index (χ3v) is 12.3. The van der Waals surface area contributed by atoms with Gasteiger partial charge in [0.2, 0.25) is 0 Å². The third-order valence-electron chi connectivity index (χ3n) is 11.1. The van der Waals surface area contributed by atoms with Crippen LogP contribution in [0, 0.1) is 0 Å². The molecule has 1 N–H and O–H groups in total. The molecule has 2 saturated heterocycles. The first-order valence-electron chi connectivity index (χ1n) is 20.9. The summed E-state index contributed by atoms with van der Waals surface area (Å²) in [7, 11) is 0. The topological polar surface area (TPSA) is 55.9 Å². The summed E-state index contributed by atoms with van der Waals surface area (Å²) in [6, 6.07) is 40.3. The van der Waals surface area contributed by atoms with Gasteiger partial charge in [-0.15, -0.1) is 0 Å². The zero-order chi connectivity index (χ0) is 48.3. The van der Waals surface area contributed by atoms with Crippen LogP contribution in [0.5, 0.6) is 0 Å². The van der Waals surface area contributed by atoms with Gasteiger partial charge in [-0.3, -0.25) is 19.4 Å². The maximum Gasteiger partial charge on any atom is 0.416 e. The fourth-order valence-corrected chi connectivity index (χ4v) is 8.38. The average molecular weight is 1020 g/mol. The second kappa shape index (κ2) is 23.6. The molecule has 2 aliphatic heterocycles. The molecule has 6 nitrogen and oxygen atoms in total. The van der Waals surface area contributed by atoms with Crippen LogP contribution in [0.15, 0.2) is 146 Å². The number of nitrogens with one attached hydrogen (secondary N) is 1. The van der Waals surface area contributed by atoms with Crippen LogP contribution in [-0.2, 0) is 12.4 Å². The fraction of sp³-hybridized carbons (Fsp3) is 0.240. The number of benzene rings is 6. The second-order valence-corrected chi connectivity index (χ2v) is 17.6. The van der Waals surface area contributed by atoms with Gasteiger partial charge in [0.1, 0.15) is 0 Å². The SMILES string of the molecule is Clc1ccc(C(c2ccc(Cl)cc2)N2CCNCC2)cc1.O=C(Cl)c1cccc(C(F)(F)F)c1.O=C(c1cccc(C(F)(F)F)c1)N1CCN(C(c2ccc(Cl)cc2)c2ccc(Cl)cc2)CC1. The molecule has 352 valence electrons. The molecule has 2 fully saturated rings. The predicted molar refractivity (Wildman–Crippen MR) is 254 cm³/mol. The quantitative estimate of drug-likeness (QED) is 0.122. The number of carbonyl (C=O) groups is 2. The van der Waals surface area contributed by atoms with Crippen molar-refractivity contribution in [2.45, 2.75) is 24.4 Å². The summed E-state index contributed by atoms with van der Waals surface area (Å²) in [5.41, 5.74) is 2.84. The van der Waals surface area contributed by atoms with Crippen LogP contribution < -0.4 is 5.32 Å². The van der Waals surface area contributed by atoms with Crippen LogP contribution in [0.2, 0.25) is 20.1 Å². The summed E-state index contributed by atoms with van der Waals surface area (Å²) in [5.74, 6) is -0.393. The van der Waals surface area contributed by atoms with E-state index >= 15 is 0 Å². The molecule has 0 radical (unpaired) electrons. The Kier molecular flexibility index (Phi) is 18.2. The van der Waals surface area contributed by atoms with Crippen LogP contribution in [0.25, 0.3) is 0 Å². The molecule has 0 unspecified atom stereocenters. The second-order valence-electron chi connectivity index (χ2n) is 15.6. The molecule has 6 aromatic rings. The van der Waals surface area contributed by atoms with Gasteiger partial charge in [-0.2, -0.15) is 26.3 Å². The monoisotopic (exact) mass is 1020 g/mol. The van der Waals surface area contributed by atoms with Gasteiger partial charge in [0.15, 0.2) is 0 Å². The zero-order valence-corrected chi connectivity index (χ0v) is 39.3. The van der Waals surface area contributed by atoms with E-state index < -0.39 is 34.6 Å². The highest BCUT2D eigenvalue weighted by Gasteiger charge is 2.33. The summed E-state index contributed by atoms with van der Waals surface area (Å²) < 4.78 is 75.3. The molecular formula is C50H43Cl5F6N4O2. The molecule has 6 aromatic carbocycles. The van der Waals surface area contributed by atoms with Crippen molar-refractivity contribution >= 4 is 69.2 Å². The van der Waals surface area contributed by atoms with Crippen LogP contribution >= 0.6 is 58.0 Å². The molecule has 0 aromatic heterocycles. The minimum Gasteiger partial charge on any atom is -0.336 e. The molecule has 17 heteroatoms. The molecule has 0 aliphatic carbocycles. The first kappa shape index (κ1) is 51.8. The first-order valence-corrected chi connectivity index (χ1v) is 22.8. The molecule has 0 bridgehead atoms. The van der Waals surface area contributed by atoms with Gasteiger partial charge in [-0.25, -0.2) is 0 Å². The Morgan fingerprint density at radius 3 is 1.13 bits per heavy atom. The van der Waals surface area contributed by atoms with Gasteiger partial charge in [-0.1, -0.05) is 113 Å². The molecule has 0 spiro atoms. The number of carbonyl (C=O) groups excluding carboxylic acids is 2. The van der Waals surface area contributed by atoms with E-state index in [-0.39, 0.29) is 23.2 Å². The Labute approximate surface area is 409 Å². The van der Waals surface area contributed by atoms with Gasteiger partial charge in [0.25, 0.3) is 11.1 Å². The van der Waals surface area contributed by atoms with Crippen molar-refractivity contribution in [2.75, 3.05) is 52.4 Å². The number of rotatable bonds is 8. The Morgan fingerprint density at radius 1 is 0.463 bits per heavy atom. The molecule has 8 rings (SSSR count). The number of nitrogens with zero attached hydrogens (tertiary/aromatic N) is 3. The lowest BCUT2D eigenvalue weighted by Crippen LogP contribution is -2.49. The Bertz CT molecular complexity index is 2460. The van der Waals surface area contributed by atoms with Crippen LogP contribution in [0.1, 0.15) is 66.2 Å². The summed E-state index contributed by atoms with van der Waals surface area (Å²) >= 11 is 29.2. The number of hydrogen-bond acceptors (Lipinski definition) is 5. The summed E-state index contributed by atoms with van der Waals surface area (Å²) in [6.45, 7) is 6.09. The maximum absolute atomic E-state index is 13.0. The highest BCUT2D eigenvalue weighted by molar-refractivity contribution is 6.67. The normalized spacial score (nSPS) is 14.8. The van der Waals surface area contributed by atoms with Crippen molar-refractivity contribution in [3.8, 4) is 0 Å². The molecule has 2 aliphatic rings. The minimum absolute atomic E-state index is 0.0465. The standard InChI is InChI=1S/C25H21Cl2F3N2O.C17H18Cl2N2.C8H4ClF3O/c26-21-8-4-17(5-9-21)23(18-6-10-22(27)11-7-18)31-12-14-32(15-13-31)24(33)19-2-1-3-20(16-19)25(28,29)30;18-15-5-1-13(2-6-15)17(21-11-9-20-10-12-21)14-3-7-16(19)8-4-14;9-7(13)5-2-1-3-6(4-5)8(10,11)12/h1-11,16,23H,12-15H2;1-8,17,20H,9-12H2;1-4H. The van der Waals surface area contributed by atoms with Crippen LogP contribution in [-0.4, -0.2) is 78.2 Å². The molecule has 2 heterocycles. The Balaban J connectivity index is 0.000000185. The van der Waals surface area contributed by atoms with Gasteiger partial charge in [0.05, 0.1) is 23.2 Å². The average Bonchev–Trinajstić information content (AvgIpc) is 3.32. The molecule has 0 saturated carbocycles. The van der Waals surface area contributed by atoms with Crippen LogP contribution in [0.4, 0.5) is 26.3 Å². The minimum atomic E-state index is -4.49. The molecular weight excluding hydrogens is 980 g/mol. The lowest BCUT2D eigenvalue weighted by molar-refractivity contribution is -0.138. The van der Waals surface area contributed by atoms with Gasteiger partial charge >= 0.3 is 12.4 Å². The third kappa shape index (κ3) is 14.7. The van der Waals surface area contributed by atoms with Gasteiger partial charge in [0, 0.05) is 83.6 Å². The lowest BCUT2D eigenvalue weighted by Gasteiger charge is -2.40. The molecule has 0 atom stereocenters. The Morgan fingerprint density at radius 2 is 0.791 bits per heavy atom. The number of halogens is 11. The smallest absolute Gasteiger partial charge is 0.336 e. The van der Waals surface area contributed by atoms with E-state index in [1.165, 1.54) is 29.3 Å². The molecule has 67 heavy (non-hydrogen) atoms. The molecule has 1 amide bonds. The van der Waals surface area contributed by atoms with E-state index in [2.05, 4.69) is 39.4 Å². The Hall–Kier alpha value is -4.63. The fourth-order valence-electron chi connectivity index (χ4n) is 7.76. The number of amides is 1. The van der Waals surface area contributed by atoms with Crippen molar-refractivity contribution in [3.05, 3.63) is 210 Å². The van der Waals surface area contributed by atoms with Crippen molar-refractivity contribution in [3.63, 3.8) is 0 Å². The maximum atomic E-state index is 13.0. The van der Waals surface area contributed by atoms with E-state index in [4.69, 9.17) is 58.0 Å². The summed E-state index contributed by atoms with van der Waals surface area (Å²) in [5, 5.41) is 5.34.